The van der Waals surface area contributed by atoms with Crippen LogP contribution in [0.5, 0.6) is 5.75 Å². The highest BCUT2D eigenvalue weighted by molar-refractivity contribution is 5.74. The molecule has 0 unspecified atom stereocenters. The van der Waals surface area contributed by atoms with Crippen LogP contribution in [0.25, 0.3) is 0 Å². The number of hydrogen-bond donors (Lipinski definition) is 1. The van der Waals surface area contributed by atoms with Gasteiger partial charge in [0.1, 0.15) is 17.4 Å². The number of piperidine rings is 1. The number of ether oxygens (including phenoxy) is 1. The first-order valence-electron chi connectivity index (χ1n) is 10.9. The molecule has 4 rings (SSSR count). The molecule has 1 aliphatic carbocycles. The number of rotatable bonds is 7. The van der Waals surface area contributed by atoms with Gasteiger partial charge in [0.2, 0.25) is 0 Å². The van der Waals surface area contributed by atoms with Gasteiger partial charge in [0.15, 0.2) is 0 Å². The third kappa shape index (κ3) is 5.94. The van der Waals surface area contributed by atoms with Gasteiger partial charge in [-0.05, 0) is 69.6 Å². The summed E-state index contributed by atoms with van der Waals surface area (Å²) >= 11 is 0. The molecule has 0 atom stereocenters. The van der Waals surface area contributed by atoms with E-state index >= 15 is 0 Å². The van der Waals surface area contributed by atoms with E-state index in [1.807, 2.05) is 24.3 Å². The van der Waals surface area contributed by atoms with Crippen LogP contribution in [0.2, 0.25) is 0 Å². The van der Waals surface area contributed by atoms with Crippen LogP contribution in [0.1, 0.15) is 36.8 Å². The van der Waals surface area contributed by atoms with Gasteiger partial charge in [0, 0.05) is 24.2 Å². The van der Waals surface area contributed by atoms with E-state index in [2.05, 4.69) is 17.3 Å². The van der Waals surface area contributed by atoms with Gasteiger partial charge in [-0.25, -0.2) is 13.6 Å². The lowest BCUT2D eigenvalue weighted by molar-refractivity contribution is 0.126. The number of likely N-dealkylation sites (tertiary alicyclic amines) is 1. The van der Waals surface area contributed by atoms with Crippen molar-refractivity contribution in [2.24, 2.45) is 0 Å². The van der Waals surface area contributed by atoms with Crippen molar-refractivity contribution in [2.45, 2.75) is 50.9 Å². The molecule has 0 spiro atoms. The van der Waals surface area contributed by atoms with Crippen LogP contribution < -0.4 is 10.1 Å². The number of amides is 2. The Labute approximate surface area is 182 Å². The van der Waals surface area contributed by atoms with Gasteiger partial charge in [-0.1, -0.05) is 18.2 Å². The summed E-state index contributed by atoms with van der Waals surface area (Å²) in [5.41, 5.74) is 1.28. The molecule has 2 aliphatic rings. The molecule has 2 aromatic carbocycles. The maximum Gasteiger partial charge on any atom is 0.318 e. The molecule has 1 heterocycles. The second-order valence-electron chi connectivity index (χ2n) is 8.52. The van der Waals surface area contributed by atoms with Crippen LogP contribution in [0.4, 0.5) is 13.6 Å². The largest absolute Gasteiger partial charge is 0.490 e. The van der Waals surface area contributed by atoms with Gasteiger partial charge in [-0.15, -0.1) is 0 Å². The summed E-state index contributed by atoms with van der Waals surface area (Å²) in [5, 5.41) is 2.97. The lowest BCUT2D eigenvalue weighted by atomic mass is 10.0. The zero-order valence-corrected chi connectivity index (χ0v) is 17.8. The molecule has 7 heteroatoms. The monoisotopic (exact) mass is 429 g/mol. The quantitative estimate of drug-likeness (QED) is 0.713. The van der Waals surface area contributed by atoms with E-state index in [0.717, 1.165) is 56.2 Å². The lowest BCUT2D eigenvalue weighted by Gasteiger charge is -2.37. The maximum absolute atomic E-state index is 14.3. The normalized spacial score (nSPS) is 17.4. The number of carbonyl (C=O) groups is 1. The number of urea groups is 1. The molecule has 31 heavy (non-hydrogen) atoms. The highest BCUT2D eigenvalue weighted by Gasteiger charge is 2.28. The van der Waals surface area contributed by atoms with E-state index < -0.39 is 11.6 Å². The van der Waals surface area contributed by atoms with Crippen molar-refractivity contribution in [3.05, 3.63) is 65.2 Å². The second-order valence-corrected chi connectivity index (χ2v) is 8.52. The first kappa shape index (κ1) is 21.6. The van der Waals surface area contributed by atoms with Gasteiger partial charge in [0.25, 0.3) is 0 Å². The number of hydrogen-bond acceptors (Lipinski definition) is 3. The number of benzene rings is 2. The third-order valence-corrected chi connectivity index (χ3v) is 5.94. The molecule has 2 fully saturated rings. The molecule has 166 valence electrons. The van der Waals surface area contributed by atoms with Crippen molar-refractivity contribution >= 4 is 6.03 Å². The molecule has 2 amide bonds. The van der Waals surface area contributed by atoms with Crippen LogP contribution in [-0.4, -0.2) is 48.1 Å². The topological polar surface area (TPSA) is 44.8 Å². The molecule has 0 bridgehead atoms. The van der Waals surface area contributed by atoms with Gasteiger partial charge >= 0.3 is 6.03 Å². The van der Waals surface area contributed by atoms with Crippen molar-refractivity contribution < 1.29 is 18.3 Å². The predicted molar refractivity (Wildman–Crippen MR) is 115 cm³/mol. The predicted octanol–water partition coefficient (Wildman–Crippen LogP) is 4.31. The Bertz CT molecular complexity index is 894. The molecule has 1 saturated carbocycles. The Hall–Kier alpha value is -2.67. The zero-order valence-electron chi connectivity index (χ0n) is 17.8. The minimum Gasteiger partial charge on any atom is -0.490 e. The Kier molecular flexibility index (Phi) is 6.70. The second kappa shape index (κ2) is 9.64. The summed E-state index contributed by atoms with van der Waals surface area (Å²) in [5.74, 6) is -0.403. The molecule has 0 aromatic heterocycles. The minimum atomic E-state index is -0.628. The molecular weight excluding hydrogens is 400 g/mol. The van der Waals surface area contributed by atoms with Crippen molar-refractivity contribution in [1.82, 2.24) is 15.1 Å². The smallest absolute Gasteiger partial charge is 0.318 e. The van der Waals surface area contributed by atoms with E-state index in [0.29, 0.717) is 18.2 Å². The summed E-state index contributed by atoms with van der Waals surface area (Å²) in [6.07, 6.45) is 4.21. The summed E-state index contributed by atoms with van der Waals surface area (Å²) in [7, 11) is 2.05. The number of carbonyl (C=O) groups excluding carboxylic acids is 1. The van der Waals surface area contributed by atoms with Crippen LogP contribution in [0, 0.1) is 11.6 Å². The Morgan fingerprint density at radius 2 is 1.81 bits per heavy atom. The van der Waals surface area contributed by atoms with E-state index in [-0.39, 0.29) is 18.6 Å². The fourth-order valence-electron chi connectivity index (χ4n) is 3.85. The van der Waals surface area contributed by atoms with Crippen molar-refractivity contribution in [3.8, 4) is 5.75 Å². The lowest BCUT2D eigenvalue weighted by Crippen LogP contribution is -2.49. The fraction of sp³-hybridized carbons (Fsp3) is 0.458. The van der Waals surface area contributed by atoms with E-state index in [4.69, 9.17) is 4.74 Å². The van der Waals surface area contributed by atoms with Crippen molar-refractivity contribution in [1.29, 1.82) is 0 Å². The minimum absolute atomic E-state index is 0.00923. The third-order valence-electron chi connectivity index (χ3n) is 5.94. The van der Waals surface area contributed by atoms with Crippen molar-refractivity contribution in [3.63, 3.8) is 0 Å². The van der Waals surface area contributed by atoms with Gasteiger partial charge in [-0.3, -0.25) is 0 Å². The van der Waals surface area contributed by atoms with E-state index in [9.17, 15) is 13.6 Å². The molecule has 1 N–H and O–H groups in total. The Morgan fingerprint density at radius 1 is 1.10 bits per heavy atom. The van der Waals surface area contributed by atoms with Crippen LogP contribution in [-0.2, 0) is 13.1 Å². The summed E-state index contributed by atoms with van der Waals surface area (Å²) in [6, 6.07) is 11.0. The first-order chi connectivity index (χ1) is 15.0. The van der Waals surface area contributed by atoms with Crippen LogP contribution >= 0.6 is 0 Å². The Morgan fingerprint density at radius 3 is 2.45 bits per heavy atom. The number of nitrogens with zero attached hydrogens (tertiary/aromatic N) is 2. The highest BCUT2D eigenvalue weighted by Crippen LogP contribution is 2.27. The summed E-state index contributed by atoms with van der Waals surface area (Å²) in [4.78, 5) is 17.0. The standard InChI is InChI=1S/C24H29F2N3O2/c1-28-12-10-20(11-13-28)29(16-18-4-5-19(25)14-23(18)26)24(30)27-15-17-2-6-21(7-3-17)31-22-8-9-22/h2-7,14,20,22H,8-13,15-16H2,1H3,(H,27,30). The molecule has 2 aromatic rings. The average Bonchev–Trinajstić information content (AvgIpc) is 3.57. The molecular formula is C24H29F2N3O2. The SMILES string of the molecule is CN1CCC(N(Cc2ccc(F)cc2F)C(=O)NCc2ccc(OC3CC3)cc2)CC1. The van der Waals surface area contributed by atoms with Crippen LogP contribution in [0.15, 0.2) is 42.5 Å². The zero-order chi connectivity index (χ0) is 21.8. The van der Waals surface area contributed by atoms with Gasteiger partial charge in [-0.2, -0.15) is 0 Å². The van der Waals surface area contributed by atoms with Gasteiger partial charge in [0.05, 0.1) is 12.6 Å². The molecule has 1 aliphatic heterocycles. The van der Waals surface area contributed by atoms with E-state index in [1.165, 1.54) is 12.1 Å². The summed E-state index contributed by atoms with van der Waals surface area (Å²) < 4.78 is 33.3. The molecule has 0 radical (unpaired) electrons. The average molecular weight is 430 g/mol. The molecule has 1 saturated heterocycles. The molecule has 5 nitrogen and oxygen atoms in total. The summed E-state index contributed by atoms with van der Waals surface area (Å²) in [6.45, 7) is 2.24. The fourth-order valence-corrected chi connectivity index (χ4v) is 3.85. The number of nitrogens with one attached hydrogen (secondary N) is 1. The maximum atomic E-state index is 14.3. The van der Waals surface area contributed by atoms with E-state index in [1.54, 1.807) is 4.90 Å². The van der Waals surface area contributed by atoms with Crippen molar-refractivity contribution in [2.75, 3.05) is 20.1 Å². The Balaban J connectivity index is 1.41. The van der Waals surface area contributed by atoms with Gasteiger partial charge < -0.3 is 19.9 Å². The first-order valence-corrected chi connectivity index (χ1v) is 10.9. The highest BCUT2D eigenvalue weighted by atomic mass is 19.1. The van der Waals surface area contributed by atoms with Crippen LogP contribution in [0.3, 0.4) is 0 Å². The number of halogens is 2.